The van der Waals surface area contributed by atoms with Crippen molar-refractivity contribution < 1.29 is 27.9 Å². The minimum Gasteiger partial charge on any atom is -0.467 e. The van der Waals surface area contributed by atoms with Crippen LogP contribution < -0.4 is 5.32 Å². The lowest BCUT2D eigenvalue weighted by molar-refractivity contribution is -0.128. The summed E-state index contributed by atoms with van der Waals surface area (Å²) in [5.41, 5.74) is -0.0130. The fourth-order valence-electron chi connectivity index (χ4n) is 2.81. The van der Waals surface area contributed by atoms with Gasteiger partial charge in [0.2, 0.25) is 11.8 Å². The number of halogens is 1. The quantitative estimate of drug-likeness (QED) is 0.826. The van der Waals surface area contributed by atoms with Crippen LogP contribution in [0.3, 0.4) is 0 Å². The van der Waals surface area contributed by atoms with Crippen LogP contribution in [0, 0.1) is 11.7 Å². The normalized spacial score (nSPS) is 16.6. The Hall–Kier alpha value is -3.16. The molecule has 1 aromatic heterocycles. The highest BCUT2D eigenvalue weighted by Gasteiger charge is 2.34. The topological polar surface area (TPSA) is 88.8 Å². The molecular weight excluding hydrogens is 343 g/mol. The summed E-state index contributed by atoms with van der Waals surface area (Å²) in [5.74, 6) is -1.99. The van der Waals surface area contributed by atoms with Gasteiger partial charge in [0.15, 0.2) is 0 Å². The summed E-state index contributed by atoms with van der Waals surface area (Å²) in [4.78, 5) is 37.6. The van der Waals surface area contributed by atoms with Crippen LogP contribution in [-0.2, 0) is 20.9 Å². The number of carbonyl (C=O) groups is 3. The van der Waals surface area contributed by atoms with Crippen LogP contribution in [0.15, 0.2) is 41.0 Å². The number of hydrogen-bond donors (Lipinski definition) is 1. The molecule has 8 heteroatoms. The van der Waals surface area contributed by atoms with E-state index in [1.165, 1.54) is 18.4 Å². The molecule has 2 heterocycles. The molecule has 1 fully saturated rings. The van der Waals surface area contributed by atoms with Gasteiger partial charge < -0.3 is 19.4 Å². The van der Waals surface area contributed by atoms with Crippen LogP contribution in [0.4, 0.5) is 10.1 Å². The zero-order chi connectivity index (χ0) is 18.7. The van der Waals surface area contributed by atoms with Crippen LogP contribution in [0.1, 0.15) is 22.5 Å². The Morgan fingerprint density at radius 3 is 2.88 bits per heavy atom. The number of anilines is 1. The van der Waals surface area contributed by atoms with Crippen molar-refractivity contribution >= 4 is 23.5 Å². The first-order chi connectivity index (χ1) is 12.5. The maximum absolute atomic E-state index is 13.7. The van der Waals surface area contributed by atoms with Gasteiger partial charge in [-0.1, -0.05) is 0 Å². The third-order valence-electron chi connectivity index (χ3n) is 4.15. The number of furan rings is 1. The van der Waals surface area contributed by atoms with Crippen LogP contribution in [0.5, 0.6) is 0 Å². The zero-order valence-electron chi connectivity index (χ0n) is 14.0. The molecule has 0 saturated carbocycles. The van der Waals surface area contributed by atoms with Crippen LogP contribution >= 0.6 is 0 Å². The predicted octanol–water partition coefficient (Wildman–Crippen LogP) is 2.19. The van der Waals surface area contributed by atoms with Gasteiger partial charge in [0.1, 0.15) is 11.6 Å². The molecule has 1 aliphatic rings. The van der Waals surface area contributed by atoms with E-state index in [4.69, 9.17) is 4.42 Å². The van der Waals surface area contributed by atoms with E-state index < -0.39 is 17.7 Å². The molecule has 3 rings (SSSR count). The number of likely N-dealkylation sites (tertiary alicyclic amines) is 1. The van der Waals surface area contributed by atoms with Gasteiger partial charge in [-0.25, -0.2) is 9.18 Å². The number of nitrogens with zero attached hydrogens (tertiary/aromatic N) is 1. The Bertz CT molecular complexity index is 834. The van der Waals surface area contributed by atoms with Crippen molar-refractivity contribution in [2.75, 3.05) is 19.0 Å². The third-order valence-corrected chi connectivity index (χ3v) is 4.15. The molecule has 0 spiro atoms. The van der Waals surface area contributed by atoms with Crippen molar-refractivity contribution in [2.45, 2.75) is 13.0 Å². The minimum absolute atomic E-state index is 0.0809. The zero-order valence-corrected chi connectivity index (χ0v) is 14.0. The van der Waals surface area contributed by atoms with E-state index >= 15 is 0 Å². The molecular formula is C18H17FN2O5. The van der Waals surface area contributed by atoms with Gasteiger partial charge in [-0.3, -0.25) is 9.59 Å². The lowest BCUT2D eigenvalue weighted by Gasteiger charge is -2.15. The molecule has 0 unspecified atom stereocenters. The van der Waals surface area contributed by atoms with E-state index in [0.29, 0.717) is 12.3 Å². The van der Waals surface area contributed by atoms with Gasteiger partial charge in [-0.15, -0.1) is 0 Å². The molecule has 0 aliphatic carbocycles. The van der Waals surface area contributed by atoms with E-state index in [2.05, 4.69) is 10.1 Å². The highest BCUT2D eigenvalue weighted by Crippen LogP contribution is 2.23. The van der Waals surface area contributed by atoms with Crippen molar-refractivity contribution in [3.63, 3.8) is 0 Å². The molecule has 1 N–H and O–H groups in total. The summed E-state index contributed by atoms with van der Waals surface area (Å²) in [6.45, 7) is 0.565. The minimum atomic E-state index is -0.834. The molecule has 1 aromatic carbocycles. The summed E-state index contributed by atoms with van der Waals surface area (Å²) < 4.78 is 23.4. The first-order valence-corrected chi connectivity index (χ1v) is 7.97. The highest BCUT2D eigenvalue weighted by molar-refractivity contribution is 5.98. The molecule has 0 radical (unpaired) electrons. The molecule has 2 aromatic rings. The average Bonchev–Trinajstić information content (AvgIpc) is 3.26. The van der Waals surface area contributed by atoms with Crippen LogP contribution in [-0.4, -0.2) is 36.3 Å². The molecule has 2 amide bonds. The summed E-state index contributed by atoms with van der Waals surface area (Å²) in [7, 11) is 1.14. The summed E-state index contributed by atoms with van der Waals surface area (Å²) in [5, 5.41) is 2.61. The molecule has 7 nitrogen and oxygen atoms in total. The van der Waals surface area contributed by atoms with Gasteiger partial charge in [-0.05, 0) is 30.3 Å². The van der Waals surface area contributed by atoms with Gasteiger partial charge in [-0.2, -0.15) is 0 Å². The standard InChI is InChI=1S/C18H17FN2O5/c1-25-18(24)14-8-12(4-5-15(14)19)20-17(23)11-7-16(22)21(9-11)10-13-3-2-6-26-13/h2-6,8,11H,7,9-10H2,1H3,(H,20,23)/t11-/m1/s1. The smallest absolute Gasteiger partial charge is 0.340 e. The van der Waals surface area contributed by atoms with E-state index in [1.807, 2.05) is 0 Å². The van der Waals surface area contributed by atoms with Gasteiger partial charge in [0.05, 0.1) is 31.4 Å². The van der Waals surface area contributed by atoms with Crippen molar-refractivity contribution in [3.8, 4) is 0 Å². The number of nitrogens with one attached hydrogen (secondary N) is 1. The second kappa shape index (κ2) is 7.38. The van der Waals surface area contributed by atoms with Crippen molar-refractivity contribution in [3.05, 3.63) is 53.7 Å². The summed E-state index contributed by atoms with van der Waals surface area (Å²) in [6, 6.07) is 7.11. The van der Waals surface area contributed by atoms with Crippen molar-refractivity contribution in [2.24, 2.45) is 5.92 Å². The molecule has 136 valence electrons. The predicted molar refractivity (Wildman–Crippen MR) is 88.6 cm³/mol. The number of carbonyl (C=O) groups excluding carboxylic acids is 3. The monoisotopic (exact) mass is 360 g/mol. The third kappa shape index (κ3) is 3.74. The number of amides is 2. The first kappa shape index (κ1) is 17.7. The number of hydrogen-bond acceptors (Lipinski definition) is 5. The van der Waals surface area contributed by atoms with Crippen LogP contribution in [0.2, 0.25) is 0 Å². The number of benzene rings is 1. The SMILES string of the molecule is COC(=O)c1cc(NC(=O)[C@@H]2CC(=O)N(Cc3ccco3)C2)ccc1F. The lowest BCUT2D eigenvalue weighted by atomic mass is 10.1. The lowest BCUT2D eigenvalue weighted by Crippen LogP contribution is -2.28. The van der Waals surface area contributed by atoms with E-state index in [0.717, 1.165) is 13.2 Å². The highest BCUT2D eigenvalue weighted by atomic mass is 19.1. The second-order valence-electron chi connectivity index (χ2n) is 5.93. The molecule has 26 heavy (non-hydrogen) atoms. The first-order valence-electron chi connectivity index (χ1n) is 7.97. The fourth-order valence-corrected chi connectivity index (χ4v) is 2.81. The molecule has 1 aliphatic heterocycles. The number of methoxy groups -OCH3 is 1. The van der Waals surface area contributed by atoms with Gasteiger partial charge >= 0.3 is 5.97 Å². The molecule has 1 atom stereocenters. The Labute approximate surface area is 148 Å². The largest absolute Gasteiger partial charge is 0.467 e. The van der Waals surface area contributed by atoms with Crippen molar-refractivity contribution in [1.82, 2.24) is 4.90 Å². The Morgan fingerprint density at radius 2 is 2.19 bits per heavy atom. The maximum Gasteiger partial charge on any atom is 0.340 e. The van der Waals surface area contributed by atoms with E-state index in [-0.39, 0.29) is 36.0 Å². The van der Waals surface area contributed by atoms with E-state index in [9.17, 15) is 18.8 Å². The average molecular weight is 360 g/mol. The second-order valence-corrected chi connectivity index (χ2v) is 5.93. The molecule has 1 saturated heterocycles. The number of ether oxygens (including phenoxy) is 1. The van der Waals surface area contributed by atoms with Gasteiger partial charge in [0, 0.05) is 18.7 Å². The Morgan fingerprint density at radius 1 is 1.38 bits per heavy atom. The van der Waals surface area contributed by atoms with Gasteiger partial charge in [0.25, 0.3) is 0 Å². The Kier molecular flexibility index (Phi) is 5.01. The summed E-state index contributed by atoms with van der Waals surface area (Å²) >= 11 is 0. The number of esters is 1. The summed E-state index contributed by atoms with van der Waals surface area (Å²) in [6.07, 6.45) is 1.60. The Balaban J connectivity index is 1.65. The van der Waals surface area contributed by atoms with Crippen molar-refractivity contribution in [1.29, 1.82) is 0 Å². The molecule has 0 bridgehead atoms. The fraction of sp³-hybridized carbons (Fsp3) is 0.278. The number of rotatable bonds is 5. The maximum atomic E-state index is 13.7. The van der Waals surface area contributed by atoms with E-state index in [1.54, 1.807) is 17.0 Å². The van der Waals surface area contributed by atoms with Crippen LogP contribution in [0.25, 0.3) is 0 Å².